The van der Waals surface area contributed by atoms with Gasteiger partial charge in [0.15, 0.2) is 0 Å². The van der Waals surface area contributed by atoms with Crippen LogP contribution in [-0.4, -0.2) is 18.8 Å². The summed E-state index contributed by atoms with van der Waals surface area (Å²) in [4.78, 5) is 0. The standard InChI is InChI=1S/C15H31NO/c1-4-9-14(17-6-3)15(16)13-11-8-7-10-12(13)5-2/h12-15H,4-11,16H2,1-3H3. The minimum Gasteiger partial charge on any atom is -0.377 e. The molecule has 17 heavy (non-hydrogen) atoms. The highest BCUT2D eigenvalue weighted by Crippen LogP contribution is 2.35. The molecule has 0 aromatic rings. The maximum absolute atomic E-state index is 6.51. The van der Waals surface area contributed by atoms with E-state index >= 15 is 0 Å². The second-order valence-corrected chi connectivity index (χ2v) is 5.48. The Bertz CT molecular complexity index is 189. The van der Waals surface area contributed by atoms with Crippen LogP contribution in [0.3, 0.4) is 0 Å². The van der Waals surface area contributed by atoms with E-state index in [0.29, 0.717) is 5.92 Å². The quantitative estimate of drug-likeness (QED) is 0.737. The Kier molecular flexibility index (Phi) is 7.14. The van der Waals surface area contributed by atoms with E-state index in [0.717, 1.165) is 18.9 Å². The predicted octanol–water partition coefficient (Wildman–Crippen LogP) is 3.74. The van der Waals surface area contributed by atoms with Gasteiger partial charge in [-0.2, -0.15) is 0 Å². The van der Waals surface area contributed by atoms with Gasteiger partial charge in [0.25, 0.3) is 0 Å². The maximum atomic E-state index is 6.51. The van der Waals surface area contributed by atoms with Crippen molar-refractivity contribution in [1.29, 1.82) is 0 Å². The molecule has 0 aromatic heterocycles. The van der Waals surface area contributed by atoms with E-state index in [1.54, 1.807) is 0 Å². The van der Waals surface area contributed by atoms with Crippen LogP contribution in [0.15, 0.2) is 0 Å². The SMILES string of the molecule is CCCC(OCC)C(N)C1CCCCC1CC. The highest BCUT2D eigenvalue weighted by atomic mass is 16.5. The van der Waals surface area contributed by atoms with Gasteiger partial charge in [0.1, 0.15) is 0 Å². The van der Waals surface area contributed by atoms with Gasteiger partial charge in [0.2, 0.25) is 0 Å². The average molecular weight is 241 g/mol. The van der Waals surface area contributed by atoms with Crippen LogP contribution in [0.5, 0.6) is 0 Å². The van der Waals surface area contributed by atoms with Crippen LogP contribution >= 0.6 is 0 Å². The van der Waals surface area contributed by atoms with E-state index in [9.17, 15) is 0 Å². The first kappa shape index (κ1) is 15.0. The van der Waals surface area contributed by atoms with Crippen molar-refractivity contribution in [3.8, 4) is 0 Å². The highest BCUT2D eigenvalue weighted by Gasteiger charge is 2.33. The molecule has 2 nitrogen and oxygen atoms in total. The first-order valence-corrected chi connectivity index (χ1v) is 7.61. The minimum atomic E-state index is 0.250. The van der Waals surface area contributed by atoms with Gasteiger partial charge >= 0.3 is 0 Å². The lowest BCUT2D eigenvalue weighted by atomic mass is 9.72. The maximum Gasteiger partial charge on any atom is 0.0728 e. The summed E-state index contributed by atoms with van der Waals surface area (Å²) in [6.45, 7) is 7.40. The van der Waals surface area contributed by atoms with Gasteiger partial charge < -0.3 is 10.5 Å². The van der Waals surface area contributed by atoms with E-state index in [1.807, 2.05) is 0 Å². The summed E-state index contributed by atoms with van der Waals surface area (Å²) in [5.41, 5.74) is 6.51. The summed E-state index contributed by atoms with van der Waals surface area (Å²) >= 11 is 0. The Morgan fingerprint density at radius 1 is 1.18 bits per heavy atom. The van der Waals surface area contributed by atoms with Gasteiger partial charge in [-0.1, -0.05) is 46.0 Å². The van der Waals surface area contributed by atoms with Gasteiger partial charge in [-0.05, 0) is 31.6 Å². The molecule has 0 saturated heterocycles. The third-order valence-electron chi connectivity index (χ3n) is 4.37. The molecule has 102 valence electrons. The monoisotopic (exact) mass is 241 g/mol. The molecule has 1 aliphatic carbocycles. The fourth-order valence-corrected chi connectivity index (χ4v) is 3.41. The second kappa shape index (κ2) is 8.10. The Morgan fingerprint density at radius 2 is 1.88 bits per heavy atom. The molecule has 2 heteroatoms. The van der Waals surface area contributed by atoms with Crippen LogP contribution in [0.25, 0.3) is 0 Å². The van der Waals surface area contributed by atoms with E-state index in [4.69, 9.17) is 10.5 Å². The van der Waals surface area contributed by atoms with Crippen molar-refractivity contribution in [1.82, 2.24) is 0 Å². The predicted molar refractivity (Wildman–Crippen MR) is 74.0 cm³/mol. The molecule has 0 aliphatic heterocycles. The third-order valence-corrected chi connectivity index (χ3v) is 4.37. The molecular weight excluding hydrogens is 210 g/mol. The van der Waals surface area contributed by atoms with Gasteiger partial charge in [0, 0.05) is 12.6 Å². The largest absolute Gasteiger partial charge is 0.377 e. The van der Waals surface area contributed by atoms with Gasteiger partial charge in [-0.3, -0.25) is 0 Å². The lowest BCUT2D eigenvalue weighted by molar-refractivity contribution is 0.00667. The van der Waals surface area contributed by atoms with Crippen LogP contribution in [0.2, 0.25) is 0 Å². The molecule has 0 radical (unpaired) electrons. The summed E-state index contributed by atoms with van der Waals surface area (Å²) in [7, 11) is 0. The zero-order valence-corrected chi connectivity index (χ0v) is 12.0. The van der Waals surface area contributed by atoms with E-state index in [2.05, 4.69) is 20.8 Å². The molecule has 0 bridgehead atoms. The van der Waals surface area contributed by atoms with Crippen molar-refractivity contribution in [3.63, 3.8) is 0 Å². The lowest BCUT2D eigenvalue weighted by Crippen LogP contribution is -2.46. The number of hydrogen-bond donors (Lipinski definition) is 1. The fraction of sp³-hybridized carbons (Fsp3) is 1.00. The Labute approximate surface area is 107 Å². The van der Waals surface area contributed by atoms with Crippen molar-refractivity contribution in [3.05, 3.63) is 0 Å². The fourth-order valence-electron chi connectivity index (χ4n) is 3.41. The van der Waals surface area contributed by atoms with Crippen LogP contribution in [-0.2, 0) is 4.74 Å². The second-order valence-electron chi connectivity index (χ2n) is 5.48. The Hall–Kier alpha value is -0.0800. The lowest BCUT2D eigenvalue weighted by Gasteiger charge is -2.38. The average Bonchev–Trinajstić information content (AvgIpc) is 2.37. The molecule has 0 amide bonds. The van der Waals surface area contributed by atoms with Gasteiger partial charge in [-0.15, -0.1) is 0 Å². The van der Waals surface area contributed by atoms with Crippen LogP contribution in [0.1, 0.15) is 65.7 Å². The summed E-state index contributed by atoms with van der Waals surface area (Å²) in [5, 5.41) is 0. The van der Waals surface area contributed by atoms with Crippen LogP contribution < -0.4 is 5.73 Å². The summed E-state index contributed by atoms with van der Waals surface area (Å²) in [6.07, 6.45) is 9.29. The molecule has 1 fully saturated rings. The molecule has 1 saturated carbocycles. The summed E-state index contributed by atoms with van der Waals surface area (Å²) in [5.74, 6) is 1.52. The smallest absolute Gasteiger partial charge is 0.0728 e. The normalized spacial score (nSPS) is 28.9. The molecule has 0 aromatic carbocycles. The molecule has 1 aliphatic rings. The van der Waals surface area contributed by atoms with E-state index in [-0.39, 0.29) is 12.1 Å². The zero-order valence-electron chi connectivity index (χ0n) is 12.0. The number of ether oxygens (including phenoxy) is 1. The van der Waals surface area contributed by atoms with Gasteiger partial charge in [0.05, 0.1) is 6.10 Å². The molecule has 1 rings (SSSR count). The first-order chi connectivity index (χ1) is 8.24. The number of hydrogen-bond acceptors (Lipinski definition) is 2. The topological polar surface area (TPSA) is 35.2 Å². The van der Waals surface area contributed by atoms with E-state index in [1.165, 1.54) is 38.5 Å². The molecular formula is C15H31NO. The number of rotatable bonds is 7. The van der Waals surface area contributed by atoms with Crippen molar-refractivity contribution in [2.75, 3.05) is 6.61 Å². The van der Waals surface area contributed by atoms with Crippen LogP contribution in [0.4, 0.5) is 0 Å². The van der Waals surface area contributed by atoms with Crippen molar-refractivity contribution in [2.24, 2.45) is 17.6 Å². The van der Waals surface area contributed by atoms with Crippen LogP contribution in [0, 0.1) is 11.8 Å². The molecule has 4 atom stereocenters. The molecule has 0 spiro atoms. The Balaban J connectivity index is 2.59. The van der Waals surface area contributed by atoms with Crippen molar-refractivity contribution in [2.45, 2.75) is 77.9 Å². The minimum absolute atomic E-state index is 0.250. The highest BCUT2D eigenvalue weighted by molar-refractivity contribution is 4.87. The zero-order chi connectivity index (χ0) is 12.7. The molecule has 4 unspecified atom stereocenters. The third kappa shape index (κ3) is 4.26. The first-order valence-electron chi connectivity index (χ1n) is 7.61. The Morgan fingerprint density at radius 3 is 2.47 bits per heavy atom. The summed E-state index contributed by atoms with van der Waals surface area (Å²) < 4.78 is 5.87. The van der Waals surface area contributed by atoms with E-state index < -0.39 is 0 Å². The summed E-state index contributed by atoms with van der Waals surface area (Å²) in [6, 6.07) is 0.250. The number of nitrogens with two attached hydrogens (primary N) is 1. The molecule has 0 heterocycles. The van der Waals surface area contributed by atoms with Crippen molar-refractivity contribution >= 4 is 0 Å². The van der Waals surface area contributed by atoms with Gasteiger partial charge in [-0.25, -0.2) is 0 Å². The van der Waals surface area contributed by atoms with Crippen molar-refractivity contribution < 1.29 is 4.74 Å². The molecule has 2 N–H and O–H groups in total.